The summed E-state index contributed by atoms with van der Waals surface area (Å²) in [5, 5.41) is 0. The van der Waals surface area contributed by atoms with Gasteiger partial charge in [-0.15, -0.1) is 0 Å². The summed E-state index contributed by atoms with van der Waals surface area (Å²) < 4.78 is 0. The van der Waals surface area contributed by atoms with E-state index in [1.54, 1.807) is 0 Å². The number of nitrogens with two attached hydrogens (primary N) is 1. The first-order chi connectivity index (χ1) is 4.83. The highest BCUT2D eigenvalue weighted by molar-refractivity contribution is 4.74. The second-order valence-corrected chi connectivity index (χ2v) is 3.58. The van der Waals surface area contributed by atoms with Crippen molar-refractivity contribution in [1.82, 2.24) is 0 Å². The van der Waals surface area contributed by atoms with Gasteiger partial charge in [0.2, 0.25) is 0 Å². The van der Waals surface area contributed by atoms with Crippen molar-refractivity contribution in [1.29, 1.82) is 0 Å². The topological polar surface area (TPSA) is 26.0 Å². The zero-order chi connectivity index (χ0) is 7.40. The van der Waals surface area contributed by atoms with Gasteiger partial charge in [0.25, 0.3) is 0 Å². The van der Waals surface area contributed by atoms with Crippen LogP contribution in [0.1, 0.15) is 45.4 Å². The van der Waals surface area contributed by atoms with Crippen LogP contribution in [-0.4, -0.2) is 6.04 Å². The first-order valence-corrected chi connectivity index (χ1v) is 4.58. The zero-order valence-electron chi connectivity index (χ0n) is 6.97. The third-order valence-corrected chi connectivity index (χ3v) is 2.52. The molecule has 0 aromatic carbocycles. The molecule has 1 rings (SSSR count). The van der Waals surface area contributed by atoms with E-state index in [4.69, 9.17) is 5.73 Å². The fourth-order valence-electron chi connectivity index (χ4n) is 2.00. The van der Waals surface area contributed by atoms with Crippen LogP contribution >= 0.6 is 0 Å². The van der Waals surface area contributed by atoms with Gasteiger partial charge in [0.1, 0.15) is 0 Å². The lowest BCUT2D eigenvalue weighted by Crippen LogP contribution is -2.27. The van der Waals surface area contributed by atoms with Crippen LogP contribution in [0.15, 0.2) is 0 Å². The van der Waals surface area contributed by atoms with E-state index in [0.29, 0.717) is 6.04 Å². The Balaban J connectivity index is 2.18. The monoisotopic (exact) mass is 141 g/mol. The van der Waals surface area contributed by atoms with Crippen LogP contribution in [0.2, 0.25) is 0 Å². The van der Waals surface area contributed by atoms with Gasteiger partial charge < -0.3 is 5.73 Å². The molecule has 2 N–H and O–H groups in total. The molecule has 1 heteroatoms. The van der Waals surface area contributed by atoms with Crippen LogP contribution in [0, 0.1) is 5.92 Å². The van der Waals surface area contributed by atoms with E-state index in [9.17, 15) is 0 Å². The summed E-state index contributed by atoms with van der Waals surface area (Å²) in [5.41, 5.74) is 5.86. The first-order valence-electron chi connectivity index (χ1n) is 4.58. The minimum Gasteiger partial charge on any atom is -0.328 e. The van der Waals surface area contributed by atoms with Gasteiger partial charge in [-0.25, -0.2) is 0 Å². The van der Waals surface area contributed by atoms with Crippen LogP contribution < -0.4 is 5.73 Å². The third kappa shape index (κ3) is 2.30. The highest BCUT2D eigenvalue weighted by Gasteiger charge is 2.17. The summed E-state index contributed by atoms with van der Waals surface area (Å²) in [7, 11) is 0. The number of hydrogen-bond acceptors (Lipinski definition) is 1. The van der Waals surface area contributed by atoms with Gasteiger partial charge in [0, 0.05) is 6.04 Å². The molecule has 2 unspecified atom stereocenters. The van der Waals surface area contributed by atoms with E-state index in [1.807, 2.05) is 0 Å². The molecule has 1 saturated carbocycles. The quantitative estimate of drug-likeness (QED) is 0.627. The van der Waals surface area contributed by atoms with E-state index in [2.05, 4.69) is 6.92 Å². The van der Waals surface area contributed by atoms with Gasteiger partial charge >= 0.3 is 0 Å². The van der Waals surface area contributed by atoms with Crippen molar-refractivity contribution in [2.75, 3.05) is 0 Å². The smallest absolute Gasteiger partial charge is 0.00414 e. The molecule has 0 saturated heterocycles. The minimum atomic E-state index is 0.519. The zero-order valence-corrected chi connectivity index (χ0v) is 6.97. The molecule has 1 aliphatic carbocycles. The second kappa shape index (κ2) is 3.97. The maximum absolute atomic E-state index is 5.86. The summed E-state index contributed by atoms with van der Waals surface area (Å²) in [6.07, 6.45) is 8.08. The van der Waals surface area contributed by atoms with Gasteiger partial charge in [-0.1, -0.05) is 32.6 Å². The molecule has 1 nitrogen and oxygen atoms in total. The average molecular weight is 141 g/mol. The Morgan fingerprint density at radius 2 is 2.20 bits per heavy atom. The fraction of sp³-hybridized carbons (Fsp3) is 1.00. The molecule has 0 heterocycles. The molecule has 0 radical (unpaired) electrons. The predicted molar refractivity (Wildman–Crippen MR) is 44.8 cm³/mol. The van der Waals surface area contributed by atoms with E-state index >= 15 is 0 Å². The lowest BCUT2D eigenvalue weighted by Gasteiger charge is -2.25. The Morgan fingerprint density at radius 3 is 2.80 bits per heavy atom. The van der Waals surface area contributed by atoms with Crippen molar-refractivity contribution in [2.24, 2.45) is 11.7 Å². The number of rotatable bonds is 2. The van der Waals surface area contributed by atoms with Crippen LogP contribution in [-0.2, 0) is 0 Å². The summed E-state index contributed by atoms with van der Waals surface area (Å²) >= 11 is 0. The molecule has 1 fully saturated rings. The molecular weight excluding hydrogens is 122 g/mol. The lowest BCUT2D eigenvalue weighted by molar-refractivity contribution is 0.305. The SMILES string of the molecule is CCCC1CCCC(N)C1. The van der Waals surface area contributed by atoms with E-state index in [-0.39, 0.29) is 0 Å². The van der Waals surface area contributed by atoms with Crippen molar-refractivity contribution in [3.63, 3.8) is 0 Å². The van der Waals surface area contributed by atoms with Crippen molar-refractivity contribution >= 4 is 0 Å². The largest absolute Gasteiger partial charge is 0.328 e. The molecule has 0 aliphatic heterocycles. The molecule has 60 valence electrons. The predicted octanol–water partition coefficient (Wildman–Crippen LogP) is 2.30. The van der Waals surface area contributed by atoms with Crippen molar-refractivity contribution < 1.29 is 0 Å². The van der Waals surface area contributed by atoms with Gasteiger partial charge in [-0.2, -0.15) is 0 Å². The maximum Gasteiger partial charge on any atom is 0.00414 e. The molecule has 2 atom stereocenters. The number of hydrogen-bond donors (Lipinski definition) is 1. The second-order valence-electron chi connectivity index (χ2n) is 3.58. The summed E-state index contributed by atoms with van der Waals surface area (Å²) in [4.78, 5) is 0. The molecule has 0 amide bonds. The summed E-state index contributed by atoms with van der Waals surface area (Å²) in [6, 6.07) is 0.519. The highest BCUT2D eigenvalue weighted by atomic mass is 14.6. The first kappa shape index (κ1) is 8.06. The van der Waals surface area contributed by atoms with Gasteiger partial charge in [0.15, 0.2) is 0 Å². The Morgan fingerprint density at radius 1 is 1.40 bits per heavy atom. The third-order valence-electron chi connectivity index (χ3n) is 2.52. The molecule has 10 heavy (non-hydrogen) atoms. The normalized spacial score (nSPS) is 34.2. The van der Waals surface area contributed by atoms with Crippen LogP contribution in [0.3, 0.4) is 0 Å². The maximum atomic E-state index is 5.86. The van der Waals surface area contributed by atoms with Gasteiger partial charge in [0.05, 0.1) is 0 Å². The molecule has 0 aromatic heterocycles. The molecule has 0 aromatic rings. The highest BCUT2D eigenvalue weighted by Crippen LogP contribution is 2.26. The van der Waals surface area contributed by atoms with E-state index in [1.165, 1.54) is 38.5 Å². The van der Waals surface area contributed by atoms with Crippen LogP contribution in [0.4, 0.5) is 0 Å². The van der Waals surface area contributed by atoms with Crippen LogP contribution in [0.25, 0.3) is 0 Å². The fourth-order valence-corrected chi connectivity index (χ4v) is 2.00. The van der Waals surface area contributed by atoms with Gasteiger partial charge in [-0.05, 0) is 18.8 Å². The van der Waals surface area contributed by atoms with E-state index < -0.39 is 0 Å². The Hall–Kier alpha value is -0.0400. The molecule has 1 aliphatic rings. The van der Waals surface area contributed by atoms with Crippen molar-refractivity contribution in [3.05, 3.63) is 0 Å². The summed E-state index contributed by atoms with van der Waals surface area (Å²) in [5.74, 6) is 0.953. The Bertz CT molecular complexity index is 88.7. The summed E-state index contributed by atoms with van der Waals surface area (Å²) in [6.45, 7) is 2.26. The minimum absolute atomic E-state index is 0.519. The van der Waals surface area contributed by atoms with E-state index in [0.717, 1.165) is 5.92 Å². The molecule has 0 spiro atoms. The van der Waals surface area contributed by atoms with Gasteiger partial charge in [-0.3, -0.25) is 0 Å². The van der Waals surface area contributed by atoms with Crippen molar-refractivity contribution in [2.45, 2.75) is 51.5 Å². The Labute approximate surface area is 64.0 Å². The lowest BCUT2D eigenvalue weighted by atomic mass is 9.84. The van der Waals surface area contributed by atoms with Crippen molar-refractivity contribution in [3.8, 4) is 0 Å². The van der Waals surface area contributed by atoms with Crippen LogP contribution in [0.5, 0.6) is 0 Å². The molecular formula is C9H19N. The standard InChI is InChI=1S/C9H19N/c1-2-4-8-5-3-6-9(10)7-8/h8-9H,2-7,10H2,1H3. The molecule has 0 bridgehead atoms. The average Bonchev–Trinajstić information content (AvgIpc) is 1.88. The Kier molecular flexibility index (Phi) is 3.20.